The van der Waals surface area contributed by atoms with Crippen molar-refractivity contribution in [1.29, 1.82) is 0 Å². The second-order valence-corrected chi connectivity index (χ2v) is 5.81. The minimum Gasteiger partial charge on any atom is -0.258 e. The van der Waals surface area contributed by atoms with Crippen LogP contribution in [0.25, 0.3) is 0 Å². The Hall–Kier alpha value is -0.850. The summed E-state index contributed by atoms with van der Waals surface area (Å²) in [5.74, 6) is 0.640. The molecule has 1 aliphatic rings. The molecular weight excluding hydrogens is 182 g/mol. The van der Waals surface area contributed by atoms with E-state index in [-0.39, 0.29) is 0 Å². The van der Waals surface area contributed by atoms with Crippen LogP contribution >= 0.6 is 0 Å². The first kappa shape index (κ1) is 10.7. The SMILES string of the molecule is Cc1ccc2c(n1)[C@H](C(C)(C)C)CCC2. The summed E-state index contributed by atoms with van der Waals surface area (Å²) < 4.78 is 0. The summed E-state index contributed by atoms with van der Waals surface area (Å²) in [5, 5.41) is 0. The zero-order valence-electron chi connectivity index (χ0n) is 10.3. The van der Waals surface area contributed by atoms with Gasteiger partial charge < -0.3 is 0 Å². The quantitative estimate of drug-likeness (QED) is 0.624. The molecule has 0 radical (unpaired) electrons. The Balaban J connectivity index is 2.45. The van der Waals surface area contributed by atoms with E-state index in [2.05, 4.69) is 39.8 Å². The molecular formula is C14H21N. The van der Waals surface area contributed by atoms with E-state index >= 15 is 0 Å². The van der Waals surface area contributed by atoms with Crippen LogP contribution < -0.4 is 0 Å². The summed E-state index contributed by atoms with van der Waals surface area (Å²) in [6, 6.07) is 4.42. The maximum atomic E-state index is 4.76. The maximum absolute atomic E-state index is 4.76. The number of hydrogen-bond acceptors (Lipinski definition) is 1. The molecule has 0 bridgehead atoms. The minimum absolute atomic E-state index is 0.343. The molecule has 1 heteroatoms. The molecule has 0 saturated heterocycles. The molecule has 0 aliphatic heterocycles. The predicted molar refractivity (Wildman–Crippen MR) is 64.1 cm³/mol. The average Bonchev–Trinajstić information content (AvgIpc) is 2.15. The van der Waals surface area contributed by atoms with Crippen LogP contribution in [-0.4, -0.2) is 4.98 Å². The third-order valence-corrected chi connectivity index (χ3v) is 3.47. The Kier molecular flexibility index (Phi) is 2.57. The highest BCUT2D eigenvalue weighted by Gasteiger charge is 2.31. The fourth-order valence-electron chi connectivity index (χ4n) is 2.60. The van der Waals surface area contributed by atoms with Crippen LogP contribution in [0.15, 0.2) is 12.1 Å². The third kappa shape index (κ3) is 2.06. The molecule has 0 unspecified atom stereocenters. The standard InChI is InChI=1S/C14H21N/c1-10-8-9-11-6-5-7-12(13(11)15-10)14(2,3)4/h8-9,12H,5-7H2,1-4H3/t12-/m1/s1. The summed E-state index contributed by atoms with van der Waals surface area (Å²) in [6.45, 7) is 9.08. The van der Waals surface area contributed by atoms with Crippen molar-refractivity contribution < 1.29 is 0 Å². The maximum Gasteiger partial charge on any atom is 0.0474 e. The van der Waals surface area contributed by atoms with Gasteiger partial charge in [0.25, 0.3) is 0 Å². The van der Waals surface area contributed by atoms with Gasteiger partial charge in [0, 0.05) is 17.3 Å². The molecule has 0 amide bonds. The molecule has 2 rings (SSSR count). The molecule has 82 valence electrons. The highest BCUT2D eigenvalue weighted by atomic mass is 14.7. The van der Waals surface area contributed by atoms with Crippen molar-refractivity contribution in [3.05, 3.63) is 29.1 Å². The van der Waals surface area contributed by atoms with E-state index in [4.69, 9.17) is 4.98 Å². The summed E-state index contributed by atoms with van der Waals surface area (Å²) in [7, 11) is 0. The van der Waals surface area contributed by atoms with Gasteiger partial charge in [-0.3, -0.25) is 4.98 Å². The van der Waals surface area contributed by atoms with Crippen LogP contribution in [0.1, 0.15) is 56.5 Å². The number of aromatic nitrogens is 1. The fourth-order valence-corrected chi connectivity index (χ4v) is 2.60. The lowest BCUT2D eigenvalue weighted by atomic mass is 9.71. The van der Waals surface area contributed by atoms with Gasteiger partial charge in [-0.15, -0.1) is 0 Å². The Bertz CT molecular complexity index is 360. The van der Waals surface area contributed by atoms with E-state index in [9.17, 15) is 0 Å². The van der Waals surface area contributed by atoms with Gasteiger partial charge >= 0.3 is 0 Å². The molecule has 0 fully saturated rings. The van der Waals surface area contributed by atoms with Crippen LogP contribution in [0.4, 0.5) is 0 Å². The lowest BCUT2D eigenvalue weighted by Gasteiger charge is -2.34. The second kappa shape index (κ2) is 3.62. The smallest absolute Gasteiger partial charge is 0.0474 e. The second-order valence-electron chi connectivity index (χ2n) is 5.81. The van der Waals surface area contributed by atoms with E-state index < -0.39 is 0 Å². The first-order chi connectivity index (χ1) is 6.98. The Morgan fingerprint density at radius 2 is 2.00 bits per heavy atom. The number of nitrogens with zero attached hydrogens (tertiary/aromatic N) is 1. The Morgan fingerprint density at radius 3 is 2.67 bits per heavy atom. The number of fused-ring (bicyclic) bond motifs is 1. The average molecular weight is 203 g/mol. The van der Waals surface area contributed by atoms with Gasteiger partial charge in [-0.25, -0.2) is 0 Å². The molecule has 1 nitrogen and oxygen atoms in total. The topological polar surface area (TPSA) is 12.9 Å². The van der Waals surface area contributed by atoms with Gasteiger partial charge in [-0.05, 0) is 43.2 Å². The fraction of sp³-hybridized carbons (Fsp3) is 0.643. The first-order valence-corrected chi connectivity index (χ1v) is 5.95. The van der Waals surface area contributed by atoms with E-state index in [1.165, 1.54) is 30.5 Å². The highest BCUT2D eigenvalue weighted by molar-refractivity contribution is 5.29. The summed E-state index contributed by atoms with van der Waals surface area (Å²) in [4.78, 5) is 4.76. The molecule has 1 atom stereocenters. The van der Waals surface area contributed by atoms with Gasteiger partial charge in [0.05, 0.1) is 0 Å². The van der Waals surface area contributed by atoms with Crippen molar-refractivity contribution in [1.82, 2.24) is 4.98 Å². The van der Waals surface area contributed by atoms with Crippen molar-refractivity contribution in [2.75, 3.05) is 0 Å². The first-order valence-electron chi connectivity index (χ1n) is 5.95. The number of aryl methyl sites for hydroxylation is 2. The lowest BCUT2D eigenvalue weighted by Crippen LogP contribution is -2.24. The minimum atomic E-state index is 0.343. The molecule has 1 aromatic rings. The highest BCUT2D eigenvalue weighted by Crippen LogP contribution is 2.42. The van der Waals surface area contributed by atoms with Crippen molar-refractivity contribution in [2.45, 2.75) is 52.9 Å². The summed E-state index contributed by atoms with van der Waals surface area (Å²) >= 11 is 0. The third-order valence-electron chi connectivity index (χ3n) is 3.47. The molecule has 1 aromatic heterocycles. The van der Waals surface area contributed by atoms with E-state index in [0.29, 0.717) is 11.3 Å². The lowest BCUT2D eigenvalue weighted by molar-refractivity contribution is 0.283. The van der Waals surface area contributed by atoms with E-state index in [1.54, 1.807) is 0 Å². The largest absolute Gasteiger partial charge is 0.258 e. The number of rotatable bonds is 0. The van der Waals surface area contributed by atoms with Crippen LogP contribution in [0.2, 0.25) is 0 Å². The Morgan fingerprint density at radius 1 is 1.27 bits per heavy atom. The molecule has 0 aromatic carbocycles. The van der Waals surface area contributed by atoms with Crippen LogP contribution in [0.3, 0.4) is 0 Å². The number of pyridine rings is 1. The van der Waals surface area contributed by atoms with Gasteiger partial charge in [0.1, 0.15) is 0 Å². The van der Waals surface area contributed by atoms with Crippen LogP contribution in [0.5, 0.6) is 0 Å². The summed E-state index contributed by atoms with van der Waals surface area (Å²) in [5.41, 5.74) is 4.35. The Labute approximate surface area is 92.9 Å². The van der Waals surface area contributed by atoms with Crippen molar-refractivity contribution in [3.63, 3.8) is 0 Å². The van der Waals surface area contributed by atoms with E-state index in [0.717, 1.165) is 5.69 Å². The summed E-state index contributed by atoms with van der Waals surface area (Å²) in [6.07, 6.45) is 3.84. The van der Waals surface area contributed by atoms with Crippen LogP contribution in [0, 0.1) is 12.3 Å². The van der Waals surface area contributed by atoms with E-state index in [1.807, 2.05) is 0 Å². The molecule has 0 N–H and O–H groups in total. The van der Waals surface area contributed by atoms with Gasteiger partial charge in [0.15, 0.2) is 0 Å². The molecule has 1 aliphatic carbocycles. The molecule has 15 heavy (non-hydrogen) atoms. The van der Waals surface area contributed by atoms with Crippen molar-refractivity contribution in [3.8, 4) is 0 Å². The van der Waals surface area contributed by atoms with Crippen LogP contribution in [-0.2, 0) is 6.42 Å². The molecule has 0 saturated carbocycles. The zero-order chi connectivity index (χ0) is 11.1. The molecule has 0 spiro atoms. The molecule has 1 heterocycles. The monoisotopic (exact) mass is 203 g/mol. The predicted octanol–water partition coefficient (Wildman–Crippen LogP) is 3.86. The van der Waals surface area contributed by atoms with Crippen molar-refractivity contribution in [2.24, 2.45) is 5.41 Å². The van der Waals surface area contributed by atoms with Crippen molar-refractivity contribution >= 4 is 0 Å². The number of hydrogen-bond donors (Lipinski definition) is 0. The van der Waals surface area contributed by atoms with Gasteiger partial charge in [-0.1, -0.05) is 26.8 Å². The van der Waals surface area contributed by atoms with Gasteiger partial charge in [0.2, 0.25) is 0 Å². The van der Waals surface area contributed by atoms with Gasteiger partial charge in [-0.2, -0.15) is 0 Å². The normalized spacial score (nSPS) is 21.2. The zero-order valence-corrected chi connectivity index (χ0v) is 10.3.